The maximum atomic E-state index is 11.3. The molecule has 0 saturated carbocycles. The summed E-state index contributed by atoms with van der Waals surface area (Å²) in [5, 5.41) is 0. The molecule has 2 N–H and O–H groups in total. The summed E-state index contributed by atoms with van der Waals surface area (Å²) in [6, 6.07) is 0.236. The molecule has 14 heavy (non-hydrogen) atoms. The van der Waals surface area contributed by atoms with E-state index in [0.717, 1.165) is 25.9 Å². The SMILES string of the molecule is CCOC(=O)N1CCC([C@@H](C)N)CC1. The van der Waals surface area contributed by atoms with Crippen molar-refractivity contribution in [2.45, 2.75) is 32.7 Å². The Bertz CT molecular complexity index is 187. The van der Waals surface area contributed by atoms with E-state index in [4.69, 9.17) is 10.5 Å². The molecular weight excluding hydrogens is 180 g/mol. The Morgan fingerprint density at radius 2 is 2.14 bits per heavy atom. The average Bonchev–Trinajstić information content (AvgIpc) is 2.18. The summed E-state index contributed by atoms with van der Waals surface area (Å²) in [4.78, 5) is 13.1. The van der Waals surface area contributed by atoms with Crippen LogP contribution in [0.2, 0.25) is 0 Å². The second-order valence-electron chi connectivity index (χ2n) is 3.88. The lowest BCUT2D eigenvalue weighted by molar-refractivity contribution is 0.0896. The minimum Gasteiger partial charge on any atom is -0.450 e. The number of amides is 1. The van der Waals surface area contributed by atoms with E-state index in [9.17, 15) is 4.79 Å². The molecular formula is C10H20N2O2. The van der Waals surface area contributed by atoms with Crippen molar-refractivity contribution in [3.8, 4) is 0 Å². The van der Waals surface area contributed by atoms with Crippen molar-refractivity contribution in [2.75, 3.05) is 19.7 Å². The van der Waals surface area contributed by atoms with Gasteiger partial charge >= 0.3 is 6.09 Å². The lowest BCUT2D eigenvalue weighted by Gasteiger charge is -2.32. The van der Waals surface area contributed by atoms with E-state index in [0.29, 0.717) is 12.5 Å². The van der Waals surface area contributed by atoms with Gasteiger partial charge in [0.2, 0.25) is 0 Å². The molecule has 1 amide bonds. The third-order valence-corrected chi connectivity index (χ3v) is 2.81. The van der Waals surface area contributed by atoms with Crippen molar-refractivity contribution < 1.29 is 9.53 Å². The highest BCUT2D eigenvalue weighted by Crippen LogP contribution is 2.19. The molecule has 0 bridgehead atoms. The van der Waals surface area contributed by atoms with Crippen LogP contribution in [0.15, 0.2) is 0 Å². The average molecular weight is 200 g/mol. The Morgan fingerprint density at radius 3 is 2.57 bits per heavy atom. The van der Waals surface area contributed by atoms with Crippen molar-refractivity contribution in [1.82, 2.24) is 4.90 Å². The van der Waals surface area contributed by atoms with E-state index >= 15 is 0 Å². The molecule has 1 heterocycles. The van der Waals surface area contributed by atoms with Gasteiger partial charge in [-0.05, 0) is 32.6 Å². The van der Waals surface area contributed by atoms with Crippen LogP contribution in [0.4, 0.5) is 4.79 Å². The monoisotopic (exact) mass is 200 g/mol. The van der Waals surface area contributed by atoms with Gasteiger partial charge < -0.3 is 15.4 Å². The van der Waals surface area contributed by atoms with E-state index in [1.165, 1.54) is 0 Å². The van der Waals surface area contributed by atoms with Gasteiger partial charge in [0.25, 0.3) is 0 Å². The first-order valence-electron chi connectivity index (χ1n) is 5.32. The summed E-state index contributed by atoms with van der Waals surface area (Å²) in [7, 11) is 0. The number of hydrogen-bond acceptors (Lipinski definition) is 3. The molecule has 0 unspecified atom stereocenters. The van der Waals surface area contributed by atoms with Crippen molar-refractivity contribution in [3.05, 3.63) is 0 Å². The van der Waals surface area contributed by atoms with Gasteiger partial charge in [0, 0.05) is 19.1 Å². The molecule has 0 spiro atoms. The van der Waals surface area contributed by atoms with Crippen LogP contribution in [0.25, 0.3) is 0 Å². The molecule has 1 atom stereocenters. The predicted octanol–water partition coefficient (Wildman–Crippen LogP) is 1.20. The second kappa shape index (κ2) is 5.20. The van der Waals surface area contributed by atoms with Crippen molar-refractivity contribution >= 4 is 6.09 Å². The number of likely N-dealkylation sites (tertiary alicyclic amines) is 1. The molecule has 1 fully saturated rings. The summed E-state index contributed by atoms with van der Waals surface area (Å²) in [6.45, 7) is 5.87. The molecule has 4 heteroatoms. The Morgan fingerprint density at radius 1 is 1.57 bits per heavy atom. The number of ether oxygens (including phenoxy) is 1. The fourth-order valence-electron chi connectivity index (χ4n) is 1.82. The van der Waals surface area contributed by atoms with Crippen molar-refractivity contribution in [1.29, 1.82) is 0 Å². The summed E-state index contributed by atoms with van der Waals surface area (Å²) in [5.74, 6) is 0.556. The van der Waals surface area contributed by atoms with Gasteiger partial charge in [-0.2, -0.15) is 0 Å². The molecule has 0 aromatic heterocycles. The Labute approximate surface area is 85.4 Å². The van der Waals surface area contributed by atoms with Crippen LogP contribution < -0.4 is 5.73 Å². The van der Waals surface area contributed by atoms with E-state index < -0.39 is 0 Å². The number of nitrogens with two attached hydrogens (primary N) is 1. The summed E-state index contributed by atoms with van der Waals surface area (Å²) in [6.07, 6.45) is 1.81. The molecule has 0 radical (unpaired) electrons. The first-order valence-corrected chi connectivity index (χ1v) is 5.32. The third-order valence-electron chi connectivity index (χ3n) is 2.81. The van der Waals surface area contributed by atoms with Crippen LogP contribution in [0, 0.1) is 5.92 Å². The van der Waals surface area contributed by atoms with Crippen LogP contribution in [-0.2, 0) is 4.74 Å². The van der Waals surface area contributed by atoms with Gasteiger partial charge in [-0.15, -0.1) is 0 Å². The van der Waals surface area contributed by atoms with E-state index in [1.54, 1.807) is 4.90 Å². The second-order valence-corrected chi connectivity index (χ2v) is 3.88. The van der Waals surface area contributed by atoms with Gasteiger partial charge in [-0.1, -0.05) is 0 Å². The van der Waals surface area contributed by atoms with Gasteiger partial charge in [-0.3, -0.25) is 0 Å². The molecule has 82 valence electrons. The highest BCUT2D eigenvalue weighted by Gasteiger charge is 2.25. The third kappa shape index (κ3) is 2.87. The van der Waals surface area contributed by atoms with Crippen LogP contribution >= 0.6 is 0 Å². The zero-order valence-electron chi connectivity index (χ0n) is 9.03. The highest BCUT2D eigenvalue weighted by molar-refractivity contribution is 5.67. The smallest absolute Gasteiger partial charge is 0.409 e. The van der Waals surface area contributed by atoms with Crippen molar-refractivity contribution in [3.63, 3.8) is 0 Å². The molecule has 1 aliphatic rings. The number of nitrogens with zero attached hydrogens (tertiary/aromatic N) is 1. The molecule has 1 aliphatic heterocycles. The van der Waals surface area contributed by atoms with Crippen molar-refractivity contribution in [2.24, 2.45) is 11.7 Å². The minimum atomic E-state index is -0.185. The molecule has 0 aromatic carbocycles. The Kier molecular flexibility index (Phi) is 4.20. The topological polar surface area (TPSA) is 55.6 Å². The number of piperidine rings is 1. The van der Waals surface area contributed by atoms with E-state index in [2.05, 4.69) is 0 Å². The van der Waals surface area contributed by atoms with Crippen LogP contribution in [0.5, 0.6) is 0 Å². The van der Waals surface area contributed by atoms with Gasteiger partial charge in [0.05, 0.1) is 6.61 Å². The van der Waals surface area contributed by atoms with Crippen LogP contribution in [0.1, 0.15) is 26.7 Å². The van der Waals surface area contributed by atoms with E-state index in [-0.39, 0.29) is 12.1 Å². The highest BCUT2D eigenvalue weighted by atomic mass is 16.6. The first-order chi connectivity index (χ1) is 6.65. The standard InChI is InChI=1S/C10H20N2O2/c1-3-14-10(13)12-6-4-9(5-7-12)8(2)11/h8-9H,3-7,11H2,1-2H3/t8-/m1/s1. The molecule has 0 aliphatic carbocycles. The maximum absolute atomic E-state index is 11.3. The van der Waals surface area contributed by atoms with Gasteiger partial charge in [0.15, 0.2) is 0 Å². The summed E-state index contributed by atoms with van der Waals surface area (Å²) >= 11 is 0. The molecule has 0 aromatic rings. The fourth-order valence-corrected chi connectivity index (χ4v) is 1.82. The zero-order valence-corrected chi connectivity index (χ0v) is 9.03. The quantitative estimate of drug-likeness (QED) is 0.728. The van der Waals surface area contributed by atoms with Crippen LogP contribution in [-0.4, -0.2) is 36.7 Å². The van der Waals surface area contributed by atoms with Gasteiger partial charge in [0.1, 0.15) is 0 Å². The fraction of sp³-hybridized carbons (Fsp3) is 0.900. The lowest BCUT2D eigenvalue weighted by Crippen LogP contribution is -2.42. The number of hydrogen-bond donors (Lipinski definition) is 1. The molecule has 1 saturated heterocycles. The van der Waals surface area contributed by atoms with E-state index in [1.807, 2.05) is 13.8 Å². The minimum absolute atomic E-state index is 0.185. The Balaban J connectivity index is 2.31. The predicted molar refractivity (Wildman–Crippen MR) is 55.0 cm³/mol. The van der Waals surface area contributed by atoms with Crippen LogP contribution in [0.3, 0.4) is 0 Å². The maximum Gasteiger partial charge on any atom is 0.409 e. The molecule has 4 nitrogen and oxygen atoms in total. The summed E-state index contributed by atoms with van der Waals surface area (Å²) in [5.41, 5.74) is 5.81. The largest absolute Gasteiger partial charge is 0.450 e. The first kappa shape index (κ1) is 11.3. The number of rotatable bonds is 2. The normalized spacial score (nSPS) is 20.6. The summed E-state index contributed by atoms with van der Waals surface area (Å²) < 4.78 is 4.93. The number of carbonyl (C=O) groups excluding carboxylic acids is 1. The zero-order chi connectivity index (χ0) is 10.6. The molecule has 1 rings (SSSR count). The lowest BCUT2D eigenvalue weighted by atomic mass is 9.91. The van der Waals surface area contributed by atoms with Gasteiger partial charge in [-0.25, -0.2) is 4.79 Å². The Hall–Kier alpha value is -0.770. The number of carbonyl (C=O) groups is 1.